The van der Waals surface area contributed by atoms with Crippen molar-refractivity contribution in [2.24, 2.45) is 0 Å². The summed E-state index contributed by atoms with van der Waals surface area (Å²) in [6.45, 7) is 0. The molecule has 0 aliphatic rings. The van der Waals surface area contributed by atoms with Crippen LogP contribution in [0, 0.1) is 0 Å². The molecule has 0 bridgehead atoms. The van der Waals surface area contributed by atoms with Crippen molar-refractivity contribution in [1.82, 2.24) is 29.5 Å². The fourth-order valence-electron chi connectivity index (χ4n) is 8.93. The SMILES string of the molecule is c1ccc(-c2nc(-c3ccc4c5ccccc5n(-c5ccccc5)c4c3)nc(-c3cccc4c3sc3cc(-c5nc(-c6ccccc6)c6sc7ccccc7c6n5)ccc34)n2)cc1. The van der Waals surface area contributed by atoms with Crippen LogP contribution in [0.4, 0.5) is 0 Å². The van der Waals surface area contributed by atoms with Crippen molar-refractivity contribution in [3.05, 3.63) is 194 Å². The number of fused-ring (bicyclic) bond motifs is 9. The molecule has 63 heavy (non-hydrogen) atoms. The molecule has 13 rings (SSSR count). The molecule has 8 heteroatoms. The Bertz CT molecular complexity index is 3910. The molecule has 0 aliphatic heterocycles. The normalized spacial score (nSPS) is 11.8. The first-order chi connectivity index (χ1) is 31.2. The lowest BCUT2D eigenvalue weighted by Gasteiger charge is -2.10. The molecule has 0 N–H and O–H groups in total. The standard InChI is InChI=1S/C55H32N6S2/c1-4-15-33(16-5-1)48-51-49(42-22-11-13-26-46(42)62-51)57-53(56-48)36-28-30-40-41-23-14-24-43(50(41)63-47(40)32-36)55-59-52(34-17-6-2-7-18-34)58-54(60-55)35-27-29-39-38-21-10-12-25-44(38)61(45(39)31-35)37-19-8-3-9-20-37/h1-32H. The molecule has 0 amide bonds. The summed E-state index contributed by atoms with van der Waals surface area (Å²) >= 11 is 3.50. The van der Waals surface area contributed by atoms with E-state index in [1.165, 1.54) is 20.9 Å². The summed E-state index contributed by atoms with van der Waals surface area (Å²) in [6, 6.07) is 67.9. The number of nitrogens with zero attached hydrogens (tertiary/aromatic N) is 6. The van der Waals surface area contributed by atoms with Crippen molar-refractivity contribution < 1.29 is 0 Å². The van der Waals surface area contributed by atoms with Crippen LogP contribution in [-0.2, 0) is 0 Å². The molecule has 8 aromatic carbocycles. The van der Waals surface area contributed by atoms with Gasteiger partial charge in [0, 0.05) is 74.5 Å². The fourth-order valence-corrected chi connectivity index (χ4v) is 11.3. The van der Waals surface area contributed by atoms with E-state index in [0.717, 1.165) is 80.6 Å². The van der Waals surface area contributed by atoms with Crippen molar-refractivity contribution >= 4 is 85.0 Å². The van der Waals surface area contributed by atoms with Gasteiger partial charge in [0.25, 0.3) is 0 Å². The molecule has 6 nitrogen and oxygen atoms in total. The van der Waals surface area contributed by atoms with E-state index in [9.17, 15) is 0 Å². The van der Waals surface area contributed by atoms with Crippen LogP contribution in [0.15, 0.2) is 194 Å². The molecule has 0 fully saturated rings. The number of para-hydroxylation sites is 2. The van der Waals surface area contributed by atoms with E-state index in [4.69, 9.17) is 24.9 Å². The highest BCUT2D eigenvalue weighted by atomic mass is 32.1. The van der Waals surface area contributed by atoms with Gasteiger partial charge in [0.15, 0.2) is 23.3 Å². The molecule has 294 valence electrons. The molecule has 0 saturated carbocycles. The van der Waals surface area contributed by atoms with Gasteiger partial charge in [0.05, 0.1) is 26.9 Å². The minimum Gasteiger partial charge on any atom is -0.309 e. The van der Waals surface area contributed by atoms with Crippen molar-refractivity contribution in [2.75, 3.05) is 0 Å². The monoisotopic (exact) mass is 840 g/mol. The largest absolute Gasteiger partial charge is 0.309 e. The van der Waals surface area contributed by atoms with E-state index in [0.29, 0.717) is 23.3 Å². The molecule has 0 spiro atoms. The second-order valence-electron chi connectivity index (χ2n) is 15.6. The number of hydrogen-bond donors (Lipinski definition) is 0. The lowest BCUT2D eigenvalue weighted by molar-refractivity contribution is 1.08. The van der Waals surface area contributed by atoms with Crippen LogP contribution in [0.25, 0.3) is 125 Å². The van der Waals surface area contributed by atoms with E-state index >= 15 is 0 Å². The molecule has 0 radical (unpaired) electrons. The first-order valence-corrected chi connectivity index (χ1v) is 22.5. The number of rotatable bonds is 6. The van der Waals surface area contributed by atoms with E-state index in [-0.39, 0.29) is 0 Å². The maximum atomic E-state index is 5.29. The lowest BCUT2D eigenvalue weighted by Crippen LogP contribution is -2.00. The summed E-state index contributed by atoms with van der Waals surface area (Å²) < 4.78 is 6.90. The molecular formula is C55H32N6S2. The summed E-state index contributed by atoms with van der Waals surface area (Å²) in [5.74, 6) is 2.59. The number of aromatic nitrogens is 6. The summed E-state index contributed by atoms with van der Waals surface area (Å²) in [6.07, 6.45) is 0. The summed E-state index contributed by atoms with van der Waals surface area (Å²) in [5, 5.41) is 5.85. The van der Waals surface area contributed by atoms with Gasteiger partial charge in [-0.05, 0) is 42.5 Å². The molecular weight excluding hydrogens is 809 g/mol. The third kappa shape index (κ3) is 5.87. The van der Waals surface area contributed by atoms with Gasteiger partial charge >= 0.3 is 0 Å². The average molecular weight is 841 g/mol. The van der Waals surface area contributed by atoms with Gasteiger partial charge in [0.2, 0.25) is 0 Å². The molecule has 0 atom stereocenters. The topological polar surface area (TPSA) is 69.4 Å². The minimum absolute atomic E-state index is 0.619. The third-order valence-corrected chi connectivity index (χ3v) is 14.2. The summed E-state index contributed by atoms with van der Waals surface area (Å²) in [5.41, 5.74) is 10.2. The second-order valence-corrected chi connectivity index (χ2v) is 17.7. The van der Waals surface area contributed by atoms with E-state index in [1.807, 2.05) is 24.3 Å². The third-order valence-electron chi connectivity index (χ3n) is 11.9. The highest BCUT2D eigenvalue weighted by molar-refractivity contribution is 7.26. The Hall–Kier alpha value is -7.91. The van der Waals surface area contributed by atoms with E-state index in [1.54, 1.807) is 22.7 Å². The number of thiophene rings is 2. The summed E-state index contributed by atoms with van der Waals surface area (Å²) in [7, 11) is 0. The molecule has 13 aromatic rings. The van der Waals surface area contributed by atoms with Crippen molar-refractivity contribution in [3.63, 3.8) is 0 Å². The highest BCUT2D eigenvalue weighted by Crippen LogP contribution is 2.43. The van der Waals surface area contributed by atoms with Gasteiger partial charge in [-0.2, -0.15) is 0 Å². The minimum atomic E-state index is 0.619. The molecule has 0 aliphatic carbocycles. The van der Waals surface area contributed by atoms with Crippen molar-refractivity contribution in [1.29, 1.82) is 0 Å². The van der Waals surface area contributed by atoms with Gasteiger partial charge in [-0.1, -0.05) is 152 Å². The van der Waals surface area contributed by atoms with Crippen LogP contribution in [0.2, 0.25) is 0 Å². The predicted molar refractivity (Wildman–Crippen MR) is 263 cm³/mol. The molecule has 5 heterocycles. The summed E-state index contributed by atoms with van der Waals surface area (Å²) in [4.78, 5) is 26.2. The average Bonchev–Trinajstić information content (AvgIpc) is 4.03. The van der Waals surface area contributed by atoms with Gasteiger partial charge in [0.1, 0.15) is 0 Å². The van der Waals surface area contributed by atoms with Crippen LogP contribution >= 0.6 is 22.7 Å². The molecule has 0 unspecified atom stereocenters. The second kappa shape index (κ2) is 14.3. The zero-order valence-corrected chi connectivity index (χ0v) is 35.1. The van der Waals surface area contributed by atoms with E-state index < -0.39 is 0 Å². The predicted octanol–water partition coefficient (Wildman–Crippen LogP) is 14.8. The van der Waals surface area contributed by atoms with Crippen molar-refractivity contribution in [2.45, 2.75) is 0 Å². The first kappa shape index (κ1) is 35.8. The van der Waals surface area contributed by atoms with Crippen LogP contribution in [-0.4, -0.2) is 29.5 Å². The Morgan fingerprint density at radius 3 is 1.73 bits per heavy atom. The Morgan fingerprint density at radius 2 is 0.921 bits per heavy atom. The van der Waals surface area contributed by atoms with Gasteiger partial charge < -0.3 is 4.57 Å². The van der Waals surface area contributed by atoms with E-state index in [2.05, 4.69) is 174 Å². The Morgan fingerprint density at radius 1 is 0.333 bits per heavy atom. The number of benzene rings is 8. The Kier molecular flexibility index (Phi) is 8.15. The maximum absolute atomic E-state index is 5.29. The number of hydrogen-bond acceptors (Lipinski definition) is 7. The highest BCUT2D eigenvalue weighted by Gasteiger charge is 2.21. The van der Waals surface area contributed by atoms with Gasteiger partial charge in [-0.25, -0.2) is 24.9 Å². The Labute approximate surface area is 369 Å². The zero-order valence-electron chi connectivity index (χ0n) is 33.5. The molecule has 0 saturated heterocycles. The van der Waals surface area contributed by atoms with Crippen LogP contribution < -0.4 is 0 Å². The smallest absolute Gasteiger partial charge is 0.165 e. The van der Waals surface area contributed by atoms with Crippen LogP contribution in [0.1, 0.15) is 0 Å². The lowest BCUT2D eigenvalue weighted by atomic mass is 10.1. The fraction of sp³-hybridized carbons (Fsp3) is 0. The first-order valence-electron chi connectivity index (χ1n) is 20.8. The van der Waals surface area contributed by atoms with Gasteiger partial charge in [-0.3, -0.25) is 0 Å². The van der Waals surface area contributed by atoms with Gasteiger partial charge in [-0.15, -0.1) is 22.7 Å². The molecule has 5 aromatic heterocycles. The Balaban J connectivity index is 0.982. The quantitative estimate of drug-likeness (QED) is 0.167. The van der Waals surface area contributed by atoms with Crippen LogP contribution in [0.3, 0.4) is 0 Å². The van der Waals surface area contributed by atoms with Crippen molar-refractivity contribution in [3.8, 4) is 62.5 Å². The van der Waals surface area contributed by atoms with Crippen LogP contribution in [0.5, 0.6) is 0 Å². The maximum Gasteiger partial charge on any atom is 0.165 e. The zero-order chi connectivity index (χ0) is 41.4.